The molecule has 38 heavy (non-hydrogen) atoms. The van der Waals surface area contributed by atoms with E-state index >= 15 is 0 Å². The normalized spacial score (nSPS) is 11.4. The number of esters is 1. The van der Waals surface area contributed by atoms with E-state index in [1.54, 1.807) is 48.5 Å². The summed E-state index contributed by atoms with van der Waals surface area (Å²) in [5.74, 6) is 0.705. The molecule has 0 aliphatic heterocycles. The average molecular weight is 525 g/mol. The van der Waals surface area contributed by atoms with Crippen LogP contribution in [0.25, 0.3) is 23.0 Å². The number of alkyl halides is 3. The lowest BCUT2D eigenvalue weighted by Crippen LogP contribution is -2.10. The van der Waals surface area contributed by atoms with E-state index in [9.17, 15) is 18.0 Å². The highest BCUT2D eigenvalue weighted by atomic mass is 19.4. The maximum Gasteiger partial charge on any atom is 0.435 e. The second-order valence-electron chi connectivity index (χ2n) is 7.78. The number of hydrogen-bond acceptors (Lipinski definition) is 8. The molecule has 2 aromatic carbocycles. The van der Waals surface area contributed by atoms with E-state index in [4.69, 9.17) is 9.47 Å². The first kappa shape index (κ1) is 26.2. The van der Waals surface area contributed by atoms with Gasteiger partial charge in [-0.2, -0.15) is 23.3 Å². The minimum atomic E-state index is -4.63. The molecule has 1 N–H and O–H groups in total. The summed E-state index contributed by atoms with van der Waals surface area (Å²) < 4.78 is 56.1. The molecule has 12 heteroatoms. The Morgan fingerprint density at radius 3 is 2.39 bits per heavy atom. The average Bonchev–Trinajstić information content (AvgIpc) is 3.43. The van der Waals surface area contributed by atoms with Gasteiger partial charge < -0.3 is 19.5 Å². The molecule has 4 rings (SSSR count). The van der Waals surface area contributed by atoms with Crippen molar-refractivity contribution in [3.05, 3.63) is 78.3 Å². The van der Waals surface area contributed by atoms with E-state index in [0.29, 0.717) is 33.9 Å². The van der Waals surface area contributed by atoms with Crippen molar-refractivity contribution >= 4 is 23.7 Å². The SMILES string of the molecule is COC(=O)C=Cc1cccc(-c2cnc(Nc3cc(OC)cc(OC)c3)nc2-n2ccc(C(F)(F)F)n2)c1. The number of halogens is 3. The lowest BCUT2D eigenvalue weighted by Gasteiger charge is -2.13. The van der Waals surface area contributed by atoms with E-state index in [2.05, 4.69) is 25.1 Å². The molecular formula is C26H22F3N5O4. The molecule has 196 valence electrons. The Kier molecular flexibility index (Phi) is 7.61. The third kappa shape index (κ3) is 6.09. The molecule has 0 amide bonds. The second kappa shape index (κ2) is 11.0. The molecule has 2 heterocycles. The van der Waals surface area contributed by atoms with Crippen LogP contribution in [0.3, 0.4) is 0 Å². The minimum absolute atomic E-state index is 0.0990. The highest BCUT2D eigenvalue weighted by molar-refractivity contribution is 5.87. The van der Waals surface area contributed by atoms with Crippen molar-refractivity contribution in [2.75, 3.05) is 26.6 Å². The lowest BCUT2D eigenvalue weighted by atomic mass is 10.0. The molecule has 0 spiro atoms. The quantitative estimate of drug-likeness (QED) is 0.245. The van der Waals surface area contributed by atoms with Crippen molar-refractivity contribution in [2.24, 2.45) is 0 Å². The molecule has 0 aliphatic carbocycles. The lowest BCUT2D eigenvalue weighted by molar-refractivity contribution is -0.141. The van der Waals surface area contributed by atoms with Gasteiger partial charge in [0.25, 0.3) is 0 Å². The molecule has 0 saturated heterocycles. The largest absolute Gasteiger partial charge is 0.497 e. The van der Waals surface area contributed by atoms with Gasteiger partial charge >= 0.3 is 12.1 Å². The van der Waals surface area contributed by atoms with E-state index < -0.39 is 17.8 Å². The van der Waals surface area contributed by atoms with E-state index in [0.717, 1.165) is 10.7 Å². The monoisotopic (exact) mass is 525 g/mol. The number of carbonyl (C=O) groups is 1. The molecule has 0 fully saturated rings. The molecule has 0 aliphatic rings. The molecular weight excluding hydrogens is 503 g/mol. The number of nitrogens with zero attached hydrogens (tertiary/aromatic N) is 4. The van der Waals surface area contributed by atoms with Gasteiger partial charge in [0.05, 0.1) is 21.3 Å². The number of hydrogen-bond donors (Lipinski definition) is 1. The first-order valence-electron chi connectivity index (χ1n) is 11.1. The predicted octanol–water partition coefficient (Wildman–Crippen LogP) is 5.30. The highest BCUT2D eigenvalue weighted by Gasteiger charge is 2.34. The highest BCUT2D eigenvalue weighted by Crippen LogP contribution is 2.32. The van der Waals surface area contributed by atoms with Gasteiger partial charge in [-0.25, -0.2) is 14.5 Å². The number of aromatic nitrogens is 4. The Balaban J connectivity index is 1.79. The van der Waals surface area contributed by atoms with Crippen LogP contribution in [0.4, 0.5) is 24.8 Å². The summed E-state index contributed by atoms with van der Waals surface area (Å²) in [6, 6.07) is 12.9. The number of anilines is 2. The topological polar surface area (TPSA) is 100 Å². The van der Waals surface area contributed by atoms with E-state index in [1.165, 1.54) is 39.8 Å². The van der Waals surface area contributed by atoms with Gasteiger partial charge in [-0.3, -0.25) is 0 Å². The summed E-state index contributed by atoms with van der Waals surface area (Å²) in [5, 5.41) is 6.71. The molecule has 0 unspecified atom stereocenters. The van der Waals surface area contributed by atoms with Crippen LogP contribution >= 0.6 is 0 Å². The molecule has 9 nitrogen and oxygen atoms in total. The number of benzene rings is 2. The van der Waals surface area contributed by atoms with Crippen molar-refractivity contribution < 1.29 is 32.2 Å². The maximum absolute atomic E-state index is 13.3. The predicted molar refractivity (Wildman–Crippen MR) is 133 cm³/mol. The van der Waals surface area contributed by atoms with E-state index in [-0.39, 0.29) is 11.8 Å². The van der Waals surface area contributed by atoms with Gasteiger partial charge in [-0.15, -0.1) is 0 Å². The van der Waals surface area contributed by atoms with Gasteiger partial charge in [0.2, 0.25) is 5.95 Å². The van der Waals surface area contributed by atoms with Gasteiger partial charge in [0.15, 0.2) is 11.5 Å². The van der Waals surface area contributed by atoms with Crippen LogP contribution in [0.1, 0.15) is 11.3 Å². The van der Waals surface area contributed by atoms with Gasteiger partial charge in [-0.05, 0) is 29.3 Å². The fourth-order valence-electron chi connectivity index (χ4n) is 3.46. The third-order valence-corrected chi connectivity index (χ3v) is 5.28. The zero-order valence-corrected chi connectivity index (χ0v) is 20.5. The van der Waals surface area contributed by atoms with Gasteiger partial charge in [0, 0.05) is 47.9 Å². The van der Waals surface area contributed by atoms with Crippen LogP contribution < -0.4 is 14.8 Å². The van der Waals surface area contributed by atoms with Gasteiger partial charge in [-0.1, -0.05) is 18.2 Å². The van der Waals surface area contributed by atoms with Crippen molar-refractivity contribution in [1.82, 2.24) is 19.7 Å². The third-order valence-electron chi connectivity index (χ3n) is 5.28. The zero-order valence-electron chi connectivity index (χ0n) is 20.5. The zero-order chi connectivity index (χ0) is 27.3. The fourth-order valence-corrected chi connectivity index (χ4v) is 3.46. The number of nitrogens with one attached hydrogen (secondary N) is 1. The molecule has 0 atom stereocenters. The summed E-state index contributed by atoms with van der Waals surface area (Å²) in [5.41, 5.74) is 1.12. The van der Waals surface area contributed by atoms with E-state index in [1.807, 2.05) is 0 Å². The first-order valence-corrected chi connectivity index (χ1v) is 11.1. The van der Waals surface area contributed by atoms with Crippen molar-refractivity contribution in [3.63, 3.8) is 0 Å². The number of methoxy groups -OCH3 is 3. The van der Waals surface area contributed by atoms with Gasteiger partial charge in [0.1, 0.15) is 11.5 Å². The Bertz CT molecular complexity index is 1460. The Hall–Kier alpha value is -4.87. The summed E-state index contributed by atoms with van der Waals surface area (Å²) in [7, 11) is 4.28. The van der Waals surface area contributed by atoms with Crippen molar-refractivity contribution in [3.8, 4) is 28.4 Å². The van der Waals surface area contributed by atoms with Crippen molar-refractivity contribution in [2.45, 2.75) is 6.18 Å². The van der Waals surface area contributed by atoms with Crippen molar-refractivity contribution in [1.29, 1.82) is 0 Å². The molecule has 4 aromatic rings. The summed E-state index contributed by atoms with van der Waals surface area (Å²) in [6.07, 6.45) is 0.829. The van der Waals surface area contributed by atoms with Crippen LogP contribution in [-0.2, 0) is 15.7 Å². The molecule has 0 bridgehead atoms. The van der Waals surface area contributed by atoms with Crippen LogP contribution in [0.5, 0.6) is 11.5 Å². The van der Waals surface area contributed by atoms with Crippen LogP contribution in [0.15, 0.2) is 67.0 Å². The number of rotatable bonds is 8. The molecule has 0 radical (unpaired) electrons. The molecule has 0 saturated carbocycles. The maximum atomic E-state index is 13.3. The summed E-state index contributed by atoms with van der Waals surface area (Å²) in [4.78, 5) is 20.3. The fraction of sp³-hybridized carbons (Fsp3) is 0.154. The standard InChI is InChI=1S/C26H22F3N5O4/c1-36-19-12-18(13-20(14-19)37-2)31-25-30-15-21(17-6-4-5-16(11-17)7-8-23(35)38-3)24(32-25)34-10-9-22(33-34)26(27,28)29/h4-15H,1-3H3,(H,30,31,32). The Morgan fingerprint density at radius 1 is 1.03 bits per heavy atom. The Labute approximate surface area is 215 Å². The Morgan fingerprint density at radius 2 is 1.76 bits per heavy atom. The van der Waals surface area contributed by atoms with Crippen LogP contribution in [0, 0.1) is 0 Å². The minimum Gasteiger partial charge on any atom is -0.497 e. The summed E-state index contributed by atoms with van der Waals surface area (Å²) in [6.45, 7) is 0. The summed E-state index contributed by atoms with van der Waals surface area (Å²) >= 11 is 0. The van der Waals surface area contributed by atoms with Crippen LogP contribution in [0.2, 0.25) is 0 Å². The first-order chi connectivity index (χ1) is 18.2. The number of ether oxygens (including phenoxy) is 3. The smallest absolute Gasteiger partial charge is 0.435 e. The number of carbonyl (C=O) groups excluding carboxylic acids is 1. The molecule has 2 aromatic heterocycles. The second-order valence-corrected chi connectivity index (χ2v) is 7.78. The van der Waals surface area contributed by atoms with Crippen LogP contribution in [-0.4, -0.2) is 47.0 Å².